The second-order valence-corrected chi connectivity index (χ2v) is 13.1. The van der Waals surface area contributed by atoms with Crippen molar-refractivity contribution in [1.82, 2.24) is 31.5 Å². The summed E-state index contributed by atoms with van der Waals surface area (Å²) in [6.07, 6.45) is -1.57. The maximum absolute atomic E-state index is 13.3. The molecule has 18 nitrogen and oxygen atoms in total. The molecule has 0 saturated carbocycles. The highest BCUT2D eigenvalue weighted by Crippen LogP contribution is 2.33. The lowest BCUT2D eigenvalue weighted by molar-refractivity contribution is -0.217. The van der Waals surface area contributed by atoms with E-state index >= 15 is 0 Å². The number of nitrogens with two attached hydrogens (primary N) is 2. The fraction of sp³-hybridized carbons (Fsp3) is 0.462. The van der Waals surface area contributed by atoms with Gasteiger partial charge in [0, 0.05) is 36.8 Å². The molecule has 0 aliphatic carbocycles. The molecular weight excluding hydrogens is 646 g/mol. The highest BCUT2D eigenvalue weighted by molar-refractivity contribution is 7.90. The van der Waals surface area contributed by atoms with Crippen molar-refractivity contribution in [3.8, 4) is 5.75 Å². The van der Waals surface area contributed by atoms with Crippen LogP contribution in [-0.2, 0) is 33.6 Å². The van der Waals surface area contributed by atoms with Crippen molar-refractivity contribution in [2.24, 2.45) is 10.7 Å². The molecule has 1 aromatic carbocycles. The molecule has 3 unspecified atom stereocenters. The van der Waals surface area contributed by atoms with Gasteiger partial charge in [0.05, 0.1) is 17.8 Å². The number of guanidine groups is 1. The van der Waals surface area contributed by atoms with Crippen LogP contribution >= 0.6 is 11.3 Å². The topological polar surface area (TPSA) is 265 Å². The van der Waals surface area contributed by atoms with E-state index in [0.29, 0.717) is 43.0 Å². The van der Waals surface area contributed by atoms with Gasteiger partial charge in [-0.05, 0) is 31.5 Å². The number of anilines is 1. The van der Waals surface area contributed by atoms with Crippen LogP contribution in [-0.4, -0.2) is 104 Å². The molecule has 46 heavy (non-hydrogen) atoms. The second kappa shape index (κ2) is 14.6. The number of carbonyl (C=O) groups is 3. The third kappa shape index (κ3) is 8.60. The number of ether oxygens (including phenoxy) is 1. The van der Waals surface area contributed by atoms with Crippen molar-refractivity contribution in [3.05, 3.63) is 40.9 Å². The van der Waals surface area contributed by atoms with Gasteiger partial charge in [0.25, 0.3) is 5.91 Å². The zero-order valence-corrected chi connectivity index (χ0v) is 26.6. The summed E-state index contributed by atoms with van der Waals surface area (Å²) >= 11 is 1.03. The van der Waals surface area contributed by atoms with Gasteiger partial charge in [0.2, 0.25) is 22.1 Å². The fourth-order valence-electron chi connectivity index (χ4n) is 4.54. The molecule has 0 bridgehead atoms. The molecule has 10 N–H and O–H groups in total. The van der Waals surface area contributed by atoms with Gasteiger partial charge in [-0.1, -0.05) is 12.1 Å². The summed E-state index contributed by atoms with van der Waals surface area (Å²) in [5.41, 5.74) is 13.5. The lowest BCUT2D eigenvalue weighted by Crippen LogP contribution is -2.76. The van der Waals surface area contributed by atoms with Gasteiger partial charge in [-0.2, -0.15) is 14.8 Å². The zero-order valence-electron chi connectivity index (χ0n) is 25.0. The summed E-state index contributed by atoms with van der Waals surface area (Å²) in [7, 11) is -4.00. The highest BCUT2D eigenvalue weighted by Gasteiger charge is 2.57. The van der Waals surface area contributed by atoms with Crippen molar-refractivity contribution in [1.29, 1.82) is 0 Å². The standard InChI is InChI=1S/C26H37N9O9S2/c1-26(2)20(22(37)35(26)44-46(3,40)41)33-21(36)19(17-13-45-24(28)32-17)34-43-18(23(38)39)12-42-16-6-4-14(5-7-16)15-10-30-25(31-11-15)29-9-8-27/h4-7,13,15,18-20,34H,3,8-12,27H2,1-2H3,(H2,28,32)(H,33,36)(H,38,39)(H,40,41)(H2,29,30,31)/t18-,19?,20+/m0/s1. The van der Waals surface area contributed by atoms with Crippen LogP contribution in [0.25, 0.3) is 0 Å². The number of aliphatic carboxylic acids is 1. The number of nitrogens with zero attached hydrogens (tertiary/aromatic N) is 3. The Morgan fingerprint density at radius 3 is 2.59 bits per heavy atom. The highest BCUT2D eigenvalue weighted by atomic mass is 32.2. The number of thiazole rings is 1. The Hall–Kier alpha value is -4.05. The summed E-state index contributed by atoms with van der Waals surface area (Å²) < 4.78 is 31.3. The summed E-state index contributed by atoms with van der Waals surface area (Å²) in [5.74, 6) is 1.17. The fourth-order valence-corrected chi connectivity index (χ4v) is 5.62. The number of nitrogen functional groups attached to an aromatic ring is 1. The van der Waals surface area contributed by atoms with Gasteiger partial charge in [0.15, 0.2) is 17.1 Å². The third-order valence-electron chi connectivity index (χ3n) is 7.03. The van der Waals surface area contributed by atoms with E-state index in [1.807, 2.05) is 12.1 Å². The number of aliphatic imine (C=N–C) groups is 1. The van der Waals surface area contributed by atoms with E-state index in [-0.39, 0.29) is 16.7 Å². The van der Waals surface area contributed by atoms with Crippen molar-refractivity contribution < 1.29 is 42.1 Å². The number of amides is 2. The van der Waals surface area contributed by atoms with Crippen molar-refractivity contribution in [2.45, 2.75) is 43.5 Å². The first-order valence-electron chi connectivity index (χ1n) is 13.9. The van der Waals surface area contributed by atoms with E-state index in [1.54, 1.807) is 12.1 Å². The van der Waals surface area contributed by atoms with E-state index in [4.69, 9.17) is 25.3 Å². The van der Waals surface area contributed by atoms with Crippen LogP contribution in [0.4, 0.5) is 5.13 Å². The minimum atomic E-state index is -4.00. The maximum Gasteiger partial charge on any atom is 0.338 e. The lowest BCUT2D eigenvalue weighted by atomic mass is 9.84. The Morgan fingerprint density at radius 1 is 1.33 bits per heavy atom. The average Bonchev–Trinajstić information content (AvgIpc) is 3.44. The molecule has 0 spiro atoms. The molecule has 3 heterocycles. The Morgan fingerprint density at radius 2 is 2.04 bits per heavy atom. The van der Waals surface area contributed by atoms with Crippen molar-refractivity contribution in [3.63, 3.8) is 0 Å². The molecule has 2 aliphatic rings. The zero-order chi connectivity index (χ0) is 33.6. The van der Waals surface area contributed by atoms with E-state index in [0.717, 1.165) is 16.9 Å². The van der Waals surface area contributed by atoms with Gasteiger partial charge in [-0.25, -0.2) is 14.0 Å². The number of carbonyl (C=O) groups excluding carboxylic acids is 2. The van der Waals surface area contributed by atoms with E-state index in [9.17, 15) is 28.3 Å². The van der Waals surface area contributed by atoms with Gasteiger partial charge in [-0.15, -0.1) is 11.3 Å². The normalized spacial score (nSPS) is 21.5. The molecule has 20 heteroatoms. The predicted octanol–water partition coefficient (Wildman–Crippen LogP) is -1.45. The van der Waals surface area contributed by atoms with Crippen molar-refractivity contribution >= 4 is 56.2 Å². The lowest BCUT2D eigenvalue weighted by Gasteiger charge is -2.51. The molecule has 5 atom stereocenters. The number of hydroxylamine groups is 3. The van der Waals surface area contributed by atoms with Crippen LogP contribution in [0.1, 0.15) is 37.1 Å². The number of hydrogen-bond acceptors (Lipinski definition) is 15. The number of carboxylic acid groups (broad SMARTS) is 1. The number of β-lactam (4-membered cyclic amide) rings is 1. The first-order chi connectivity index (χ1) is 21.7. The SMILES string of the molecule is C=S(=O)(O)ON1C(=O)[C@@H](NC(=O)C(NO[C@@H](COc2ccc(C3CN=C(NCCN)NC3)cc2)C(=O)O)c2csc(N)n2)C1(C)C. The molecule has 1 saturated heterocycles. The summed E-state index contributed by atoms with van der Waals surface area (Å²) in [5, 5.41) is 20.8. The molecule has 2 amide bonds. The molecule has 4 rings (SSSR count). The molecule has 1 aromatic heterocycles. The molecular formula is C26H37N9O9S2. The van der Waals surface area contributed by atoms with Gasteiger partial charge >= 0.3 is 5.97 Å². The van der Waals surface area contributed by atoms with Gasteiger partial charge < -0.3 is 37.3 Å². The smallest absolute Gasteiger partial charge is 0.338 e. The van der Waals surface area contributed by atoms with Crippen molar-refractivity contribution in [2.75, 3.05) is 38.5 Å². The predicted molar refractivity (Wildman–Crippen MR) is 169 cm³/mol. The Balaban J connectivity index is 1.36. The number of benzene rings is 1. The monoisotopic (exact) mass is 683 g/mol. The number of carboxylic acids is 1. The van der Waals surface area contributed by atoms with Crippen LogP contribution in [0.3, 0.4) is 0 Å². The molecule has 0 radical (unpaired) electrons. The molecule has 2 aromatic rings. The van der Waals surface area contributed by atoms with E-state index in [1.165, 1.54) is 19.2 Å². The van der Waals surface area contributed by atoms with Crippen LogP contribution in [0.15, 0.2) is 34.6 Å². The van der Waals surface area contributed by atoms with Crippen LogP contribution in [0.2, 0.25) is 0 Å². The number of aromatic nitrogens is 1. The van der Waals surface area contributed by atoms with Gasteiger partial charge in [-0.3, -0.25) is 24.0 Å². The number of rotatable bonds is 15. The number of nitrogens with one attached hydrogen (secondary N) is 4. The minimum Gasteiger partial charge on any atom is -0.490 e. The van der Waals surface area contributed by atoms with E-state index < -0.39 is 58.2 Å². The Kier molecular flexibility index (Phi) is 11.0. The van der Waals surface area contributed by atoms with Crippen LogP contribution in [0, 0.1) is 0 Å². The quantitative estimate of drug-likeness (QED) is 0.0607. The molecule has 1 fully saturated rings. The average molecular weight is 684 g/mol. The Labute approximate surface area is 268 Å². The summed E-state index contributed by atoms with van der Waals surface area (Å²) in [4.78, 5) is 51.8. The van der Waals surface area contributed by atoms with Crippen LogP contribution < -0.4 is 37.6 Å². The molecule has 2 aliphatic heterocycles. The second-order valence-electron chi connectivity index (χ2n) is 10.9. The molecule has 252 valence electrons. The first-order valence-corrected chi connectivity index (χ1v) is 16.4. The van der Waals surface area contributed by atoms with E-state index in [2.05, 4.69) is 37.3 Å². The Bertz CT molecular complexity index is 1550. The largest absolute Gasteiger partial charge is 0.490 e. The number of hydrogen-bond donors (Lipinski definition) is 8. The summed E-state index contributed by atoms with van der Waals surface area (Å²) in [6, 6.07) is 4.56. The maximum atomic E-state index is 13.3. The third-order valence-corrected chi connectivity index (χ3v) is 8.11. The summed E-state index contributed by atoms with van der Waals surface area (Å²) in [6.45, 7) is 4.94. The van der Waals surface area contributed by atoms with Crippen LogP contribution in [0.5, 0.6) is 5.75 Å². The first kappa shape index (κ1) is 34.8. The minimum absolute atomic E-state index is 0.0956. The van der Waals surface area contributed by atoms with Gasteiger partial charge in [0.1, 0.15) is 18.4 Å².